The van der Waals surface area contributed by atoms with Crippen LogP contribution in [0.5, 0.6) is 0 Å². The van der Waals surface area contributed by atoms with Gasteiger partial charge in [0.1, 0.15) is 5.92 Å². The molecule has 0 spiro atoms. The van der Waals surface area contributed by atoms with E-state index in [0.717, 1.165) is 10.0 Å². The van der Waals surface area contributed by atoms with Crippen molar-refractivity contribution in [1.29, 1.82) is 0 Å². The highest BCUT2D eigenvalue weighted by molar-refractivity contribution is 9.10. The first kappa shape index (κ1) is 16.0. The Morgan fingerprint density at radius 3 is 2.57 bits per heavy atom. The van der Waals surface area contributed by atoms with Crippen molar-refractivity contribution in [3.05, 3.63) is 34.3 Å². The van der Waals surface area contributed by atoms with E-state index in [0.29, 0.717) is 6.54 Å². The van der Waals surface area contributed by atoms with Gasteiger partial charge >= 0.3 is 5.97 Å². The van der Waals surface area contributed by atoms with Crippen LogP contribution in [0.4, 0.5) is 0 Å². The summed E-state index contributed by atoms with van der Waals surface area (Å²) in [7, 11) is 0. The molecular weight excluding hydrogens is 338 g/mol. The molecule has 1 aliphatic heterocycles. The van der Waals surface area contributed by atoms with Gasteiger partial charge in [-0.1, -0.05) is 28.1 Å². The van der Waals surface area contributed by atoms with E-state index in [1.54, 1.807) is 4.90 Å². The Kier molecular flexibility index (Phi) is 5.36. The molecule has 2 unspecified atom stereocenters. The fraction of sp³-hybridized carbons (Fsp3) is 0.467. The normalized spacial score (nSPS) is 21.2. The van der Waals surface area contributed by atoms with Crippen molar-refractivity contribution in [3.63, 3.8) is 0 Å². The van der Waals surface area contributed by atoms with E-state index in [1.807, 2.05) is 31.2 Å². The third-order valence-corrected chi connectivity index (χ3v) is 4.23. The quantitative estimate of drug-likeness (QED) is 0.876. The van der Waals surface area contributed by atoms with Gasteiger partial charge in [-0.2, -0.15) is 0 Å². The van der Waals surface area contributed by atoms with E-state index in [4.69, 9.17) is 4.74 Å². The molecule has 0 saturated carbocycles. The number of hydrogen-bond donors (Lipinski definition) is 1. The number of likely N-dealkylation sites (N-methyl/N-ethyl adjacent to an activating group) is 1. The summed E-state index contributed by atoms with van der Waals surface area (Å²) >= 11 is 3.35. The van der Waals surface area contributed by atoms with Crippen LogP contribution in [-0.4, -0.2) is 47.7 Å². The molecule has 2 atom stereocenters. The van der Waals surface area contributed by atoms with Crippen LogP contribution < -0.4 is 0 Å². The second-order valence-corrected chi connectivity index (χ2v) is 5.95. The largest absolute Gasteiger partial charge is 0.481 e. The Labute approximate surface area is 132 Å². The molecule has 6 heteroatoms. The number of aliphatic carboxylic acids is 1. The average Bonchev–Trinajstić information content (AvgIpc) is 2.91. The number of carbonyl (C=O) groups is 2. The summed E-state index contributed by atoms with van der Waals surface area (Å²) in [5, 5.41) is 9.21. The molecule has 1 heterocycles. The molecule has 1 aromatic carbocycles. The van der Waals surface area contributed by atoms with Crippen LogP contribution in [0.15, 0.2) is 28.7 Å². The van der Waals surface area contributed by atoms with E-state index < -0.39 is 11.9 Å². The van der Waals surface area contributed by atoms with Gasteiger partial charge in [0.15, 0.2) is 0 Å². The van der Waals surface area contributed by atoms with Crippen LogP contribution in [0, 0.1) is 5.92 Å². The lowest BCUT2D eigenvalue weighted by atomic mass is 10.0. The number of halogens is 1. The standard InChI is InChI=1S/C15H18BrNO4/c1-2-17(13-9-21-8-12(13)15(19)20)14(18)7-10-3-5-11(16)6-4-10/h3-6,12-13H,2,7-9H2,1H3,(H,19,20). The minimum atomic E-state index is -0.910. The van der Waals surface area contributed by atoms with Crippen molar-refractivity contribution in [2.75, 3.05) is 19.8 Å². The highest BCUT2D eigenvalue weighted by atomic mass is 79.9. The minimum Gasteiger partial charge on any atom is -0.481 e. The predicted molar refractivity (Wildman–Crippen MR) is 81.0 cm³/mol. The molecule has 0 aromatic heterocycles. The molecule has 1 amide bonds. The van der Waals surface area contributed by atoms with E-state index in [9.17, 15) is 14.7 Å². The Balaban J connectivity index is 2.07. The van der Waals surface area contributed by atoms with Gasteiger partial charge in [0, 0.05) is 11.0 Å². The zero-order valence-electron chi connectivity index (χ0n) is 11.8. The Morgan fingerprint density at radius 2 is 2.00 bits per heavy atom. The molecule has 1 fully saturated rings. The highest BCUT2D eigenvalue weighted by Crippen LogP contribution is 2.21. The molecular formula is C15H18BrNO4. The summed E-state index contributed by atoms with van der Waals surface area (Å²) in [5.41, 5.74) is 0.910. The zero-order chi connectivity index (χ0) is 15.4. The number of nitrogens with zero attached hydrogens (tertiary/aromatic N) is 1. The molecule has 0 radical (unpaired) electrons. The van der Waals surface area contributed by atoms with Crippen molar-refractivity contribution >= 4 is 27.8 Å². The maximum Gasteiger partial charge on any atom is 0.311 e. The molecule has 2 rings (SSSR count). The van der Waals surface area contributed by atoms with Crippen molar-refractivity contribution in [2.24, 2.45) is 5.92 Å². The summed E-state index contributed by atoms with van der Waals surface area (Å²) in [4.78, 5) is 25.3. The fourth-order valence-electron chi connectivity index (χ4n) is 2.56. The van der Waals surface area contributed by atoms with Crippen LogP contribution in [-0.2, 0) is 20.7 Å². The first-order chi connectivity index (χ1) is 10.0. The first-order valence-corrected chi connectivity index (χ1v) is 7.66. The summed E-state index contributed by atoms with van der Waals surface area (Å²) in [6.45, 7) is 2.79. The Hall–Kier alpha value is -1.40. The number of carboxylic acids is 1. The monoisotopic (exact) mass is 355 g/mol. The highest BCUT2D eigenvalue weighted by Gasteiger charge is 2.39. The topological polar surface area (TPSA) is 66.8 Å². The van der Waals surface area contributed by atoms with Crippen molar-refractivity contribution in [3.8, 4) is 0 Å². The lowest BCUT2D eigenvalue weighted by Gasteiger charge is -2.29. The average molecular weight is 356 g/mol. The van der Waals surface area contributed by atoms with Crippen LogP contribution in [0.3, 0.4) is 0 Å². The van der Waals surface area contributed by atoms with Crippen LogP contribution in [0.2, 0.25) is 0 Å². The maximum atomic E-state index is 12.4. The SMILES string of the molecule is CCN(C(=O)Cc1ccc(Br)cc1)C1COCC1C(=O)O. The Bertz CT molecular complexity index is 517. The minimum absolute atomic E-state index is 0.0680. The van der Waals surface area contributed by atoms with E-state index in [2.05, 4.69) is 15.9 Å². The van der Waals surface area contributed by atoms with Gasteiger partial charge in [0.05, 0.1) is 25.7 Å². The second-order valence-electron chi connectivity index (χ2n) is 5.03. The number of carbonyl (C=O) groups excluding carboxylic acids is 1. The molecule has 21 heavy (non-hydrogen) atoms. The molecule has 0 bridgehead atoms. The van der Waals surface area contributed by atoms with Crippen molar-refractivity contribution in [2.45, 2.75) is 19.4 Å². The van der Waals surface area contributed by atoms with Gasteiger partial charge in [-0.05, 0) is 24.6 Å². The summed E-state index contributed by atoms with van der Waals surface area (Å²) in [6.07, 6.45) is 0.268. The number of rotatable bonds is 5. The van der Waals surface area contributed by atoms with Crippen molar-refractivity contribution < 1.29 is 19.4 Å². The van der Waals surface area contributed by atoms with Gasteiger partial charge in [-0.25, -0.2) is 0 Å². The first-order valence-electron chi connectivity index (χ1n) is 6.87. The van der Waals surface area contributed by atoms with Gasteiger partial charge in [-0.15, -0.1) is 0 Å². The third-order valence-electron chi connectivity index (χ3n) is 3.70. The summed E-state index contributed by atoms with van der Waals surface area (Å²) < 4.78 is 6.21. The van der Waals surface area contributed by atoms with E-state index >= 15 is 0 Å². The molecule has 1 N–H and O–H groups in total. The lowest BCUT2D eigenvalue weighted by molar-refractivity contribution is -0.144. The lowest BCUT2D eigenvalue weighted by Crippen LogP contribution is -2.47. The molecule has 1 aliphatic rings. The van der Waals surface area contributed by atoms with Crippen molar-refractivity contribution in [1.82, 2.24) is 4.90 Å². The number of hydrogen-bond acceptors (Lipinski definition) is 3. The zero-order valence-corrected chi connectivity index (χ0v) is 13.4. The number of ether oxygens (including phenoxy) is 1. The van der Waals surface area contributed by atoms with Crippen LogP contribution in [0.25, 0.3) is 0 Å². The molecule has 114 valence electrons. The van der Waals surface area contributed by atoms with E-state index in [1.165, 1.54) is 0 Å². The summed E-state index contributed by atoms with van der Waals surface area (Å²) in [6, 6.07) is 7.16. The van der Waals surface area contributed by atoms with Crippen LogP contribution in [0.1, 0.15) is 12.5 Å². The predicted octanol–water partition coefficient (Wildman–Crippen LogP) is 1.94. The smallest absolute Gasteiger partial charge is 0.311 e. The van der Waals surface area contributed by atoms with Crippen LogP contribution >= 0.6 is 15.9 Å². The van der Waals surface area contributed by atoms with E-state index in [-0.39, 0.29) is 31.6 Å². The fourth-order valence-corrected chi connectivity index (χ4v) is 2.82. The molecule has 5 nitrogen and oxygen atoms in total. The summed E-state index contributed by atoms with van der Waals surface area (Å²) in [5.74, 6) is -1.62. The Morgan fingerprint density at radius 1 is 1.33 bits per heavy atom. The molecule has 1 saturated heterocycles. The van der Waals surface area contributed by atoms with Gasteiger partial charge in [-0.3, -0.25) is 9.59 Å². The number of carboxylic acid groups (broad SMARTS) is 1. The molecule has 0 aliphatic carbocycles. The third kappa shape index (κ3) is 3.83. The molecule has 1 aromatic rings. The maximum absolute atomic E-state index is 12.4. The number of benzene rings is 1. The van der Waals surface area contributed by atoms with Gasteiger partial charge < -0.3 is 14.7 Å². The van der Waals surface area contributed by atoms with Gasteiger partial charge in [0.2, 0.25) is 5.91 Å². The second kappa shape index (κ2) is 7.04. The van der Waals surface area contributed by atoms with Gasteiger partial charge in [0.25, 0.3) is 0 Å². The number of amides is 1.